The molecule has 0 fully saturated rings. The molecule has 4 heteroatoms. The van der Waals surface area contributed by atoms with Crippen molar-refractivity contribution in [3.63, 3.8) is 0 Å². The van der Waals surface area contributed by atoms with Gasteiger partial charge in [-0.2, -0.15) is 0 Å². The van der Waals surface area contributed by atoms with Crippen LogP contribution >= 0.6 is 0 Å². The average molecular weight is 284 g/mol. The first kappa shape index (κ1) is 13.6. The Kier molecular flexibility index (Phi) is 3.60. The van der Waals surface area contributed by atoms with Crippen LogP contribution in [0.25, 0.3) is 0 Å². The highest BCUT2D eigenvalue weighted by Gasteiger charge is 2.26. The molecule has 1 aliphatic carbocycles. The zero-order chi connectivity index (χ0) is 14.8. The Bertz CT molecular complexity index is 743. The Balaban J connectivity index is 1.90. The highest BCUT2D eigenvalue weighted by molar-refractivity contribution is 6.02. The van der Waals surface area contributed by atoms with Crippen LogP contribution in [0.4, 0.5) is 0 Å². The minimum Gasteiger partial charge on any atom is -0.496 e. The van der Waals surface area contributed by atoms with E-state index in [9.17, 15) is 9.59 Å². The van der Waals surface area contributed by atoms with Gasteiger partial charge in [0.05, 0.1) is 13.4 Å². The van der Waals surface area contributed by atoms with Gasteiger partial charge in [-0.1, -0.05) is 6.07 Å². The zero-order valence-electron chi connectivity index (χ0n) is 11.8. The number of ether oxygens (including phenoxy) is 1. The molecule has 4 nitrogen and oxygen atoms in total. The number of rotatable bonds is 4. The number of carbonyl (C=O) groups is 1. The summed E-state index contributed by atoms with van der Waals surface area (Å²) in [7, 11) is 1.62. The molecule has 0 radical (unpaired) electrons. The summed E-state index contributed by atoms with van der Waals surface area (Å²) < 4.78 is 10.2. The number of ketones is 1. The predicted octanol–water partition coefficient (Wildman–Crippen LogP) is 2.56. The Morgan fingerprint density at radius 2 is 1.90 bits per heavy atom. The van der Waals surface area contributed by atoms with E-state index in [1.54, 1.807) is 19.2 Å². The van der Waals surface area contributed by atoms with Gasteiger partial charge in [-0.25, -0.2) is 4.79 Å². The number of hydrogen-bond acceptors (Lipinski definition) is 4. The minimum atomic E-state index is -0.311. The van der Waals surface area contributed by atoms with Gasteiger partial charge >= 0.3 is 5.63 Å². The fourth-order valence-electron chi connectivity index (χ4n) is 2.89. The summed E-state index contributed by atoms with van der Waals surface area (Å²) in [5.74, 6) is 0.942. The van der Waals surface area contributed by atoms with Gasteiger partial charge in [-0.15, -0.1) is 0 Å². The second-order valence-corrected chi connectivity index (χ2v) is 5.13. The molecule has 1 aromatic heterocycles. The van der Waals surface area contributed by atoms with E-state index in [1.165, 1.54) is 6.26 Å². The van der Waals surface area contributed by atoms with Gasteiger partial charge in [0.25, 0.3) is 0 Å². The number of methoxy groups -OCH3 is 1. The van der Waals surface area contributed by atoms with Crippen LogP contribution in [0.3, 0.4) is 0 Å². The quantitative estimate of drug-likeness (QED) is 0.866. The van der Waals surface area contributed by atoms with Gasteiger partial charge in [-0.05, 0) is 43.0 Å². The molecule has 1 aromatic carbocycles. The highest BCUT2D eigenvalue weighted by Crippen LogP contribution is 2.33. The monoisotopic (exact) mass is 284 g/mol. The van der Waals surface area contributed by atoms with Crippen molar-refractivity contribution in [1.82, 2.24) is 0 Å². The third kappa shape index (κ3) is 2.49. The summed E-state index contributed by atoms with van der Waals surface area (Å²) >= 11 is 0. The summed E-state index contributed by atoms with van der Waals surface area (Å²) in [4.78, 5) is 23.7. The van der Waals surface area contributed by atoms with Crippen molar-refractivity contribution in [2.24, 2.45) is 0 Å². The molecule has 0 atom stereocenters. The maximum atomic E-state index is 12.1. The number of aryl methyl sites for hydroxylation is 2. The summed E-state index contributed by atoms with van der Waals surface area (Å²) in [6.45, 7) is 0. The van der Waals surface area contributed by atoms with E-state index in [2.05, 4.69) is 0 Å². The van der Waals surface area contributed by atoms with Gasteiger partial charge in [0, 0.05) is 23.1 Å². The lowest BCUT2D eigenvalue weighted by Crippen LogP contribution is -2.09. The van der Waals surface area contributed by atoms with Crippen LogP contribution in [0.15, 0.2) is 39.7 Å². The van der Waals surface area contributed by atoms with E-state index in [-0.39, 0.29) is 11.4 Å². The van der Waals surface area contributed by atoms with Crippen LogP contribution in [0, 0.1) is 0 Å². The van der Waals surface area contributed by atoms with Crippen LogP contribution in [-0.2, 0) is 19.3 Å². The molecule has 1 heterocycles. The highest BCUT2D eigenvalue weighted by atomic mass is 16.5. The molecule has 108 valence electrons. The molecule has 3 rings (SSSR count). The maximum absolute atomic E-state index is 12.1. The van der Waals surface area contributed by atoms with E-state index in [1.807, 2.05) is 12.1 Å². The molecule has 0 spiro atoms. The van der Waals surface area contributed by atoms with Crippen LogP contribution in [0.5, 0.6) is 5.75 Å². The molecule has 1 aliphatic rings. The minimum absolute atomic E-state index is 0.166. The van der Waals surface area contributed by atoms with Crippen LogP contribution in [-0.4, -0.2) is 12.9 Å². The van der Waals surface area contributed by atoms with Crippen molar-refractivity contribution < 1.29 is 13.9 Å². The van der Waals surface area contributed by atoms with Crippen LogP contribution in [0.1, 0.15) is 33.5 Å². The van der Waals surface area contributed by atoms with Crippen molar-refractivity contribution in [1.29, 1.82) is 0 Å². The molecule has 2 aromatic rings. The second kappa shape index (κ2) is 5.56. The Morgan fingerprint density at radius 1 is 1.10 bits per heavy atom. The Hall–Kier alpha value is -2.36. The summed E-state index contributed by atoms with van der Waals surface area (Å²) in [6.07, 6.45) is 3.86. The lowest BCUT2D eigenvalue weighted by atomic mass is 9.97. The fraction of sp³-hybridized carbons (Fsp3) is 0.294. The topological polar surface area (TPSA) is 56.5 Å². The van der Waals surface area contributed by atoms with Gasteiger partial charge < -0.3 is 9.15 Å². The molecule has 0 saturated carbocycles. The third-order valence-electron chi connectivity index (χ3n) is 3.93. The van der Waals surface area contributed by atoms with Crippen molar-refractivity contribution >= 4 is 5.78 Å². The Morgan fingerprint density at radius 3 is 2.67 bits per heavy atom. The van der Waals surface area contributed by atoms with Crippen LogP contribution in [0.2, 0.25) is 0 Å². The lowest BCUT2D eigenvalue weighted by Gasteiger charge is -2.11. The second-order valence-electron chi connectivity index (χ2n) is 5.13. The molecule has 0 amide bonds. The van der Waals surface area contributed by atoms with E-state index in [4.69, 9.17) is 9.15 Å². The zero-order valence-corrected chi connectivity index (χ0v) is 11.8. The normalized spacial score (nSPS) is 13.3. The molecule has 0 unspecified atom stereocenters. The SMILES string of the molecule is COc1ccc(CCc2cccoc2=O)c2c1CCC2=O. The first-order valence-corrected chi connectivity index (χ1v) is 6.99. The molecular weight excluding hydrogens is 268 g/mol. The fourth-order valence-corrected chi connectivity index (χ4v) is 2.89. The molecule has 0 N–H and O–H groups in total. The summed E-state index contributed by atoms with van der Waals surface area (Å²) in [5, 5.41) is 0. The molecular formula is C17H16O4. The van der Waals surface area contributed by atoms with E-state index in [0.717, 1.165) is 28.9 Å². The average Bonchev–Trinajstić information content (AvgIpc) is 2.89. The molecule has 0 saturated heterocycles. The first-order valence-electron chi connectivity index (χ1n) is 6.99. The smallest absolute Gasteiger partial charge is 0.338 e. The summed E-state index contributed by atoms with van der Waals surface area (Å²) in [5.41, 5.74) is 3.09. The van der Waals surface area contributed by atoms with Crippen LogP contribution < -0.4 is 10.4 Å². The van der Waals surface area contributed by atoms with Gasteiger partial charge in [-0.3, -0.25) is 4.79 Å². The Labute approximate surface area is 122 Å². The number of carbonyl (C=O) groups excluding carboxylic acids is 1. The van der Waals surface area contributed by atoms with E-state index < -0.39 is 0 Å². The largest absolute Gasteiger partial charge is 0.496 e. The number of Topliss-reactive ketones (excluding diaryl/α,β-unsaturated/α-hetero) is 1. The molecule has 0 bridgehead atoms. The predicted molar refractivity (Wildman–Crippen MR) is 78.0 cm³/mol. The lowest BCUT2D eigenvalue weighted by molar-refractivity contribution is 0.0993. The van der Waals surface area contributed by atoms with Crippen molar-refractivity contribution in [2.75, 3.05) is 7.11 Å². The molecule has 21 heavy (non-hydrogen) atoms. The first-order chi connectivity index (χ1) is 10.2. The van der Waals surface area contributed by atoms with E-state index >= 15 is 0 Å². The summed E-state index contributed by atoms with van der Waals surface area (Å²) in [6, 6.07) is 7.30. The number of fused-ring (bicyclic) bond motifs is 1. The van der Waals surface area contributed by atoms with Crippen molar-refractivity contribution in [3.05, 3.63) is 63.2 Å². The van der Waals surface area contributed by atoms with Gasteiger partial charge in [0.15, 0.2) is 5.78 Å². The third-order valence-corrected chi connectivity index (χ3v) is 3.93. The van der Waals surface area contributed by atoms with Gasteiger partial charge in [0.1, 0.15) is 5.75 Å². The van der Waals surface area contributed by atoms with Crippen molar-refractivity contribution in [3.8, 4) is 5.75 Å². The maximum Gasteiger partial charge on any atom is 0.338 e. The van der Waals surface area contributed by atoms with Gasteiger partial charge in [0.2, 0.25) is 0 Å². The number of hydrogen-bond donors (Lipinski definition) is 0. The number of benzene rings is 1. The van der Waals surface area contributed by atoms with Crippen molar-refractivity contribution in [2.45, 2.75) is 25.7 Å². The standard InChI is InChI=1S/C17H16O4/c1-20-15-9-6-11(16-13(15)7-8-14(16)18)4-5-12-3-2-10-21-17(12)19/h2-3,6,9-10H,4-5,7-8H2,1H3. The molecule has 0 aliphatic heterocycles. The van der Waals surface area contributed by atoms with E-state index in [0.29, 0.717) is 24.8 Å².